The Morgan fingerprint density at radius 1 is 1.43 bits per heavy atom. The van der Waals surface area contributed by atoms with Gasteiger partial charge in [0.1, 0.15) is 0 Å². The van der Waals surface area contributed by atoms with Crippen molar-refractivity contribution in [3.8, 4) is 0 Å². The van der Waals surface area contributed by atoms with E-state index in [4.69, 9.17) is 4.74 Å². The number of carbonyl (C=O) groups excluding carboxylic acids is 1. The number of amides is 1. The number of rotatable bonds is 8. The average Bonchev–Trinajstić information content (AvgIpc) is 3.02. The molecule has 1 aromatic rings. The Hall–Kier alpha value is -1.88. The van der Waals surface area contributed by atoms with Gasteiger partial charge in [0, 0.05) is 26.2 Å². The average molecular weight is 319 g/mol. The molecule has 1 amide bonds. The van der Waals surface area contributed by atoms with Crippen molar-refractivity contribution in [1.29, 1.82) is 0 Å². The predicted molar refractivity (Wildman–Crippen MR) is 87.2 cm³/mol. The van der Waals surface area contributed by atoms with Crippen LogP contribution in [0.15, 0.2) is 24.3 Å². The molecule has 0 bridgehead atoms. The van der Waals surface area contributed by atoms with Crippen molar-refractivity contribution in [3.05, 3.63) is 35.4 Å². The van der Waals surface area contributed by atoms with E-state index in [1.54, 1.807) is 0 Å². The normalized spacial score (nSPS) is 18.6. The largest absolute Gasteiger partial charge is 0.481 e. The zero-order valence-electron chi connectivity index (χ0n) is 13.6. The maximum Gasteiger partial charge on any atom is 0.308 e. The molecule has 1 saturated heterocycles. The number of benzene rings is 1. The Morgan fingerprint density at radius 2 is 2.26 bits per heavy atom. The standard InChI is InChI=1S/C18H25NO4/c1-13-3-2-4-15(9-13)10-16(18(21)22)11-19-17(20)6-5-14-7-8-23-12-14/h2-4,9,14,16H,5-8,10-12H2,1H3,(H,19,20)(H,21,22). The molecule has 2 atom stereocenters. The fourth-order valence-corrected chi connectivity index (χ4v) is 2.84. The Bertz CT molecular complexity index is 538. The number of carboxylic acid groups (broad SMARTS) is 1. The molecule has 126 valence electrons. The van der Waals surface area contributed by atoms with Crippen molar-refractivity contribution >= 4 is 11.9 Å². The number of nitrogens with one attached hydrogen (secondary N) is 1. The lowest BCUT2D eigenvalue weighted by molar-refractivity contribution is -0.141. The SMILES string of the molecule is Cc1cccc(CC(CNC(=O)CCC2CCOC2)C(=O)O)c1. The molecule has 0 spiro atoms. The molecule has 0 radical (unpaired) electrons. The maximum atomic E-state index is 11.9. The Morgan fingerprint density at radius 3 is 2.91 bits per heavy atom. The van der Waals surface area contributed by atoms with Crippen LogP contribution >= 0.6 is 0 Å². The second kappa shape index (κ2) is 8.67. The molecule has 23 heavy (non-hydrogen) atoms. The fourth-order valence-electron chi connectivity index (χ4n) is 2.84. The van der Waals surface area contributed by atoms with Gasteiger partial charge in [0.15, 0.2) is 0 Å². The van der Waals surface area contributed by atoms with E-state index in [9.17, 15) is 14.7 Å². The molecule has 1 aliphatic heterocycles. The van der Waals surface area contributed by atoms with Gasteiger partial charge in [-0.2, -0.15) is 0 Å². The first-order valence-corrected chi connectivity index (χ1v) is 8.17. The van der Waals surface area contributed by atoms with Crippen LogP contribution in [-0.4, -0.2) is 36.7 Å². The zero-order chi connectivity index (χ0) is 16.7. The highest BCUT2D eigenvalue weighted by Gasteiger charge is 2.20. The van der Waals surface area contributed by atoms with Gasteiger partial charge in [-0.1, -0.05) is 29.8 Å². The quantitative estimate of drug-likeness (QED) is 0.770. The van der Waals surface area contributed by atoms with Crippen molar-refractivity contribution in [3.63, 3.8) is 0 Å². The van der Waals surface area contributed by atoms with Gasteiger partial charge >= 0.3 is 5.97 Å². The summed E-state index contributed by atoms with van der Waals surface area (Å²) in [5.41, 5.74) is 2.09. The minimum absolute atomic E-state index is 0.0765. The monoisotopic (exact) mass is 319 g/mol. The zero-order valence-corrected chi connectivity index (χ0v) is 13.6. The van der Waals surface area contributed by atoms with Crippen LogP contribution in [0.5, 0.6) is 0 Å². The summed E-state index contributed by atoms with van der Waals surface area (Å²) in [6.45, 7) is 3.67. The van der Waals surface area contributed by atoms with Crippen molar-refractivity contribution < 1.29 is 19.4 Å². The highest BCUT2D eigenvalue weighted by Crippen LogP contribution is 2.17. The van der Waals surface area contributed by atoms with Gasteiger partial charge in [-0.05, 0) is 37.7 Å². The molecule has 1 fully saturated rings. The van der Waals surface area contributed by atoms with Crippen molar-refractivity contribution in [1.82, 2.24) is 5.32 Å². The van der Waals surface area contributed by atoms with Gasteiger partial charge in [0.25, 0.3) is 0 Å². The summed E-state index contributed by atoms with van der Waals surface area (Å²) in [5.74, 6) is -1.10. The van der Waals surface area contributed by atoms with Crippen LogP contribution in [0.3, 0.4) is 0 Å². The first kappa shape index (κ1) is 17.5. The van der Waals surface area contributed by atoms with Crippen molar-refractivity contribution in [2.24, 2.45) is 11.8 Å². The number of carboxylic acids is 1. The lowest BCUT2D eigenvalue weighted by Crippen LogP contribution is -2.34. The number of aryl methyl sites for hydroxylation is 1. The molecule has 0 saturated carbocycles. The van der Waals surface area contributed by atoms with Crippen molar-refractivity contribution in [2.45, 2.75) is 32.6 Å². The molecule has 1 aromatic carbocycles. The Balaban J connectivity index is 1.77. The molecule has 2 unspecified atom stereocenters. The summed E-state index contributed by atoms with van der Waals surface area (Å²) >= 11 is 0. The number of ether oxygens (including phenoxy) is 1. The minimum Gasteiger partial charge on any atom is -0.481 e. The highest BCUT2D eigenvalue weighted by atomic mass is 16.5. The molecule has 0 aliphatic carbocycles. The van der Waals surface area contributed by atoms with Gasteiger partial charge in [0.2, 0.25) is 5.91 Å². The van der Waals surface area contributed by atoms with Crippen LogP contribution in [0.4, 0.5) is 0 Å². The van der Waals surface area contributed by atoms with Gasteiger partial charge in [-0.25, -0.2) is 0 Å². The van der Waals surface area contributed by atoms with Crippen LogP contribution in [0, 0.1) is 18.8 Å². The molecule has 5 heteroatoms. The molecule has 5 nitrogen and oxygen atoms in total. The van der Waals surface area contributed by atoms with E-state index in [2.05, 4.69) is 5.32 Å². The summed E-state index contributed by atoms with van der Waals surface area (Å²) in [5, 5.41) is 12.1. The smallest absolute Gasteiger partial charge is 0.308 e. The van der Waals surface area contributed by atoms with E-state index in [1.165, 1.54) is 0 Å². The Kier molecular flexibility index (Phi) is 6.59. The summed E-state index contributed by atoms with van der Waals surface area (Å²) < 4.78 is 5.29. The lowest BCUT2D eigenvalue weighted by Gasteiger charge is -2.14. The van der Waals surface area contributed by atoms with E-state index in [1.807, 2.05) is 31.2 Å². The summed E-state index contributed by atoms with van der Waals surface area (Å²) in [4.78, 5) is 23.3. The first-order chi connectivity index (χ1) is 11.0. The third-order valence-corrected chi connectivity index (χ3v) is 4.26. The van der Waals surface area contributed by atoms with E-state index >= 15 is 0 Å². The van der Waals surface area contributed by atoms with E-state index in [0.717, 1.165) is 37.2 Å². The highest BCUT2D eigenvalue weighted by molar-refractivity contribution is 5.77. The minimum atomic E-state index is -0.879. The number of hydrogen-bond donors (Lipinski definition) is 2. The second-order valence-corrected chi connectivity index (χ2v) is 6.30. The predicted octanol–water partition coefficient (Wildman–Crippen LogP) is 2.17. The Labute approximate surface area is 137 Å². The molecule has 0 aromatic heterocycles. The van der Waals surface area contributed by atoms with E-state index in [-0.39, 0.29) is 12.5 Å². The maximum absolute atomic E-state index is 11.9. The molecule has 1 aliphatic rings. The lowest BCUT2D eigenvalue weighted by atomic mass is 9.98. The van der Waals surface area contributed by atoms with Crippen LogP contribution < -0.4 is 5.32 Å². The van der Waals surface area contributed by atoms with Gasteiger partial charge in [-0.3, -0.25) is 9.59 Å². The molecule has 1 heterocycles. The molecule has 2 N–H and O–H groups in total. The number of carbonyl (C=O) groups is 2. The summed E-state index contributed by atoms with van der Waals surface area (Å²) in [6.07, 6.45) is 2.68. The van der Waals surface area contributed by atoms with Gasteiger partial charge in [0.05, 0.1) is 5.92 Å². The van der Waals surface area contributed by atoms with Crippen LogP contribution in [0.1, 0.15) is 30.4 Å². The first-order valence-electron chi connectivity index (χ1n) is 8.17. The topological polar surface area (TPSA) is 75.6 Å². The molecular formula is C18H25NO4. The van der Waals surface area contributed by atoms with Crippen LogP contribution in [0.2, 0.25) is 0 Å². The van der Waals surface area contributed by atoms with E-state index < -0.39 is 11.9 Å². The van der Waals surface area contributed by atoms with E-state index in [0.29, 0.717) is 18.8 Å². The third-order valence-electron chi connectivity index (χ3n) is 4.26. The fraction of sp³-hybridized carbons (Fsp3) is 0.556. The third kappa shape index (κ3) is 6.02. The van der Waals surface area contributed by atoms with Crippen molar-refractivity contribution in [2.75, 3.05) is 19.8 Å². The second-order valence-electron chi connectivity index (χ2n) is 6.30. The van der Waals surface area contributed by atoms with Crippen LogP contribution in [0.25, 0.3) is 0 Å². The van der Waals surface area contributed by atoms with Crippen LogP contribution in [-0.2, 0) is 20.7 Å². The van der Waals surface area contributed by atoms with Gasteiger partial charge in [-0.15, -0.1) is 0 Å². The molecular weight excluding hydrogens is 294 g/mol. The van der Waals surface area contributed by atoms with Gasteiger partial charge < -0.3 is 15.2 Å². The summed E-state index contributed by atoms with van der Waals surface area (Å²) in [6, 6.07) is 7.81. The number of hydrogen-bond acceptors (Lipinski definition) is 3. The number of aliphatic carboxylic acids is 1. The summed E-state index contributed by atoms with van der Waals surface area (Å²) in [7, 11) is 0. The molecule has 2 rings (SSSR count).